The van der Waals surface area contributed by atoms with Crippen LogP contribution in [0.2, 0.25) is 5.02 Å². The summed E-state index contributed by atoms with van der Waals surface area (Å²) in [6, 6.07) is 7.21. The van der Waals surface area contributed by atoms with Crippen LogP contribution in [0.15, 0.2) is 34.9 Å². The number of hydrogen-bond donors (Lipinski definition) is 1. The van der Waals surface area contributed by atoms with Crippen LogP contribution in [0, 0.1) is 13.8 Å². The molecule has 2 heterocycles. The molecule has 4 nitrogen and oxygen atoms in total. The zero-order chi connectivity index (χ0) is 17.3. The normalized spacial score (nSPS) is 18.8. The summed E-state index contributed by atoms with van der Waals surface area (Å²) < 4.78 is 5.26. The highest BCUT2D eigenvalue weighted by Gasteiger charge is 2.32. The predicted octanol–water partition coefficient (Wildman–Crippen LogP) is 4.28. The Morgan fingerprint density at radius 1 is 1.42 bits per heavy atom. The topological polar surface area (TPSA) is 53.7 Å². The van der Waals surface area contributed by atoms with Gasteiger partial charge >= 0.3 is 0 Å². The Morgan fingerprint density at radius 2 is 2.17 bits per heavy atom. The molecule has 0 aliphatic carbocycles. The van der Waals surface area contributed by atoms with Gasteiger partial charge in [0.15, 0.2) is 0 Å². The predicted molar refractivity (Wildman–Crippen MR) is 93.3 cm³/mol. The fourth-order valence-electron chi connectivity index (χ4n) is 3.30. The first kappa shape index (κ1) is 17.1. The van der Waals surface area contributed by atoms with E-state index in [1.54, 1.807) is 18.4 Å². The number of furan rings is 1. The van der Waals surface area contributed by atoms with Gasteiger partial charge in [-0.15, -0.1) is 0 Å². The van der Waals surface area contributed by atoms with E-state index in [2.05, 4.69) is 0 Å². The van der Waals surface area contributed by atoms with E-state index in [-0.39, 0.29) is 11.9 Å². The fourth-order valence-corrected chi connectivity index (χ4v) is 3.60. The molecule has 3 rings (SSSR count). The molecule has 0 saturated carbocycles. The molecule has 1 aromatic carbocycles. The fraction of sp³-hybridized carbons (Fsp3) is 0.421. The summed E-state index contributed by atoms with van der Waals surface area (Å²) in [4.78, 5) is 14.8. The number of nitrogens with zero attached hydrogens (tertiary/aromatic N) is 1. The van der Waals surface area contributed by atoms with E-state index in [9.17, 15) is 9.90 Å². The Labute approximate surface area is 147 Å². The van der Waals surface area contributed by atoms with Crippen molar-refractivity contribution in [2.24, 2.45) is 0 Å². The highest BCUT2D eigenvalue weighted by Crippen LogP contribution is 2.30. The summed E-state index contributed by atoms with van der Waals surface area (Å²) in [5.74, 6) is 0.482. The number of hydrogen-bond acceptors (Lipinski definition) is 3. The Balaban J connectivity index is 1.78. The van der Waals surface area contributed by atoms with Gasteiger partial charge in [-0.25, -0.2) is 0 Å². The lowest BCUT2D eigenvalue weighted by atomic mass is 10.0. The molecule has 0 spiro atoms. The third-order valence-corrected chi connectivity index (χ3v) is 5.13. The molecule has 0 radical (unpaired) electrons. The third-order valence-electron chi connectivity index (χ3n) is 4.82. The van der Waals surface area contributed by atoms with Gasteiger partial charge in [-0.1, -0.05) is 11.6 Å². The number of likely N-dealkylation sites (tertiary alicyclic amines) is 1. The highest BCUT2D eigenvalue weighted by molar-refractivity contribution is 6.34. The van der Waals surface area contributed by atoms with E-state index in [1.807, 2.05) is 30.9 Å². The van der Waals surface area contributed by atoms with Crippen LogP contribution in [0.1, 0.15) is 52.6 Å². The van der Waals surface area contributed by atoms with E-state index in [1.165, 1.54) is 0 Å². The van der Waals surface area contributed by atoms with Crippen molar-refractivity contribution in [3.63, 3.8) is 0 Å². The number of aliphatic hydroxyl groups is 1. The average molecular weight is 348 g/mol. The maximum Gasteiger partial charge on any atom is 0.255 e. The minimum absolute atomic E-state index is 0.00437. The number of rotatable bonds is 4. The second-order valence-electron chi connectivity index (χ2n) is 6.48. The molecular weight excluding hydrogens is 326 g/mol. The SMILES string of the molecule is Cc1cc(Cl)c(C(=O)N2CCCC2CC(O)c2ccco2)cc1C. The summed E-state index contributed by atoms with van der Waals surface area (Å²) in [5.41, 5.74) is 2.66. The van der Waals surface area contributed by atoms with Crippen LogP contribution in [0.5, 0.6) is 0 Å². The largest absolute Gasteiger partial charge is 0.467 e. The maximum atomic E-state index is 12.9. The summed E-state index contributed by atoms with van der Waals surface area (Å²) in [6.45, 7) is 4.65. The second kappa shape index (κ2) is 6.99. The number of aryl methyl sites for hydroxylation is 2. The van der Waals surface area contributed by atoms with Gasteiger partial charge in [-0.3, -0.25) is 4.79 Å². The molecule has 1 fully saturated rings. The van der Waals surface area contributed by atoms with E-state index in [0.29, 0.717) is 29.3 Å². The van der Waals surface area contributed by atoms with Gasteiger partial charge in [0.2, 0.25) is 0 Å². The van der Waals surface area contributed by atoms with Crippen molar-refractivity contribution >= 4 is 17.5 Å². The van der Waals surface area contributed by atoms with Gasteiger partial charge in [-0.05, 0) is 62.1 Å². The molecule has 0 bridgehead atoms. The van der Waals surface area contributed by atoms with E-state index in [4.69, 9.17) is 16.0 Å². The van der Waals surface area contributed by atoms with Crippen LogP contribution in [0.4, 0.5) is 0 Å². The quantitative estimate of drug-likeness (QED) is 0.898. The summed E-state index contributed by atoms with van der Waals surface area (Å²) >= 11 is 6.30. The molecule has 1 amide bonds. The van der Waals surface area contributed by atoms with Crippen molar-refractivity contribution in [2.45, 2.75) is 45.3 Å². The van der Waals surface area contributed by atoms with Gasteiger partial charge in [-0.2, -0.15) is 0 Å². The van der Waals surface area contributed by atoms with E-state index >= 15 is 0 Å². The monoisotopic (exact) mass is 347 g/mol. The Kier molecular flexibility index (Phi) is 4.97. The zero-order valence-corrected chi connectivity index (χ0v) is 14.7. The number of aliphatic hydroxyl groups excluding tert-OH is 1. The number of carbonyl (C=O) groups is 1. The number of carbonyl (C=O) groups excluding carboxylic acids is 1. The number of benzene rings is 1. The summed E-state index contributed by atoms with van der Waals surface area (Å²) in [7, 11) is 0. The van der Waals surface area contributed by atoms with Gasteiger partial charge in [0.05, 0.1) is 16.8 Å². The molecule has 1 aromatic heterocycles. The van der Waals surface area contributed by atoms with Crippen molar-refractivity contribution in [2.75, 3.05) is 6.54 Å². The van der Waals surface area contributed by atoms with Crippen LogP contribution < -0.4 is 0 Å². The van der Waals surface area contributed by atoms with Gasteiger partial charge in [0, 0.05) is 19.0 Å². The lowest BCUT2D eigenvalue weighted by Crippen LogP contribution is -2.36. The molecule has 2 atom stereocenters. The lowest BCUT2D eigenvalue weighted by molar-refractivity contribution is 0.0641. The molecule has 2 unspecified atom stereocenters. The molecule has 1 saturated heterocycles. The maximum absolute atomic E-state index is 12.9. The Hall–Kier alpha value is -1.78. The minimum Gasteiger partial charge on any atom is -0.467 e. The molecule has 2 aromatic rings. The summed E-state index contributed by atoms with van der Waals surface area (Å²) in [5, 5.41) is 10.8. The molecule has 128 valence electrons. The second-order valence-corrected chi connectivity index (χ2v) is 6.89. The van der Waals surface area contributed by atoms with Crippen molar-refractivity contribution in [3.8, 4) is 0 Å². The third kappa shape index (κ3) is 3.35. The number of amides is 1. The average Bonchev–Trinajstić information content (AvgIpc) is 3.21. The molecule has 24 heavy (non-hydrogen) atoms. The Morgan fingerprint density at radius 3 is 2.88 bits per heavy atom. The molecule has 1 aliphatic heterocycles. The van der Waals surface area contributed by atoms with Crippen LogP contribution in [-0.2, 0) is 0 Å². The smallest absolute Gasteiger partial charge is 0.255 e. The van der Waals surface area contributed by atoms with Crippen molar-refractivity contribution in [1.82, 2.24) is 4.90 Å². The molecule has 1 aliphatic rings. The van der Waals surface area contributed by atoms with E-state index < -0.39 is 6.10 Å². The van der Waals surface area contributed by atoms with Gasteiger partial charge < -0.3 is 14.4 Å². The van der Waals surface area contributed by atoms with Crippen LogP contribution in [0.3, 0.4) is 0 Å². The van der Waals surface area contributed by atoms with Crippen molar-refractivity contribution in [1.29, 1.82) is 0 Å². The van der Waals surface area contributed by atoms with Crippen LogP contribution in [-0.4, -0.2) is 28.5 Å². The van der Waals surface area contributed by atoms with Crippen molar-refractivity contribution < 1.29 is 14.3 Å². The first-order valence-electron chi connectivity index (χ1n) is 8.26. The van der Waals surface area contributed by atoms with Gasteiger partial charge in [0.1, 0.15) is 11.9 Å². The Bertz CT molecular complexity index is 726. The number of halogens is 1. The van der Waals surface area contributed by atoms with Gasteiger partial charge in [0.25, 0.3) is 5.91 Å². The first-order chi connectivity index (χ1) is 11.5. The summed E-state index contributed by atoms with van der Waals surface area (Å²) in [6.07, 6.45) is 3.14. The zero-order valence-electron chi connectivity index (χ0n) is 14.0. The highest BCUT2D eigenvalue weighted by atomic mass is 35.5. The molecular formula is C19H22ClNO3. The molecule has 5 heteroatoms. The first-order valence-corrected chi connectivity index (χ1v) is 8.64. The van der Waals surface area contributed by atoms with Crippen molar-refractivity contribution in [3.05, 3.63) is 58.0 Å². The lowest BCUT2D eigenvalue weighted by Gasteiger charge is -2.27. The minimum atomic E-state index is -0.700. The standard InChI is InChI=1S/C19H22ClNO3/c1-12-9-15(16(20)10-13(12)2)19(23)21-7-3-5-14(21)11-17(22)18-6-4-8-24-18/h4,6,8-10,14,17,22H,3,5,7,11H2,1-2H3. The van der Waals surface area contributed by atoms with E-state index in [0.717, 1.165) is 24.0 Å². The van der Waals surface area contributed by atoms with Crippen LogP contribution in [0.25, 0.3) is 0 Å². The molecule has 1 N–H and O–H groups in total. The van der Waals surface area contributed by atoms with Crippen LogP contribution >= 0.6 is 11.6 Å².